The van der Waals surface area contributed by atoms with Crippen molar-refractivity contribution in [1.82, 2.24) is 10.8 Å². The first-order valence-electron chi connectivity index (χ1n) is 4.71. The lowest BCUT2D eigenvalue weighted by atomic mass is 10.7. The quantitative estimate of drug-likeness (QED) is 0.292. The summed E-state index contributed by atoms with van der Waals surface area (Å²) >= 11 is 0. The van der Waals surface area contributed by atoms with Gasteiger partial charge in [-0.3, -0.25) is 14.4 Å². The van der Waals surface area contributed by atoms with Crippen molar-refractivity contribution in [3.05, 3.63) is 0 Å². The maximum absolute atomic E-state index is 9.00. The van der Waals surface area contributed by atoms with Crippen LogP contribution in [0.3, 0.4) is 0 Å². The van der Waals surface area contributed by atoms with E-state index in [1.165, 1.54) is 0 Å². The molecule has 0 saturated carbocycles. The van der Waals surface area contributed by atoms with Crippen LogP contribution in [0.15, 0.2) is 0 Å². The van der Waals surface area contributed by atoms with Crippen LogP contribution in [0.1, 0.15) is 20.8 Å². The molecule has 0 aliphatic carbocycles. The maximum Gasteiger partial charge on any atom is 0.300 e. The summed E-state index contributed by atoms with van der Waals surface area (Å²) in [5.41, 5.74) is 2.01. The molecule has 0 fully saturated rings. The largest absolute Gasteiger partial charge is 0.481 e. The first-order chi connectivity index (χ1) is 8.11. The second-order valence-corrected chi connectivity index (χ2v) is 2.57. The highest BCUT2D eigenvalue weighted by atomic mass is 16.5. The van der Waals surface area contributed by atoms with Crippen molar-refractivity contribution in [2.75, 3.05) is 20.1 Å². The predicted molar refractivity (Wildman–Crippen MR) is 63.6 cm³/mol. The van der Waals surface area contributed by atoms with Gasteiger partial charge in [-0.25, -0.2) is 5.48 Å². The van der Waals surface area contributed by atoms with Gasteiger partial charge >= 0.3 is 0 Å². The number of aliphatic carboxylic acids is 3. The standard InChI is InChI=1S/C3H10N2O.3C2H4O2/c1-4-2-3-5-6;3*1-2(3)4/h4-6H,2-3H2,1H3;3*1H3,(H,3,4). The second kappa shape index (κ2) is 24.5. The van der Waals surface area contributed by atoms with E-state index in [4.69, 9.17) is 34.9 Å². The Morgan fingerprint density at radius 1 is 0.833 bits per heavy atom. The smallest absolute Gasteiger partial charge is 0.300 e. The molecule has 110 valence electrons. The monoisotopic (exact) mass is 270 g/mol. The number of rotatable bonds is 3. The van der Waals surface area contributed by atoms with E-state index in [1.807, 2.05) is 12.5 Å². The van der Waals surface area contributed by atoms with Crippen LogP contribution in [0.2, 0.25) is 0 Å². The van der Waals surface area contributed by atoms with E-state index < -0.39 is 17.9 Å². The molecule has 0 unspecified atom stereocenters. The molecule has 0 bridgehead atoms. The molecular formula is C9H22N2O7. The highest BCUT2D eigenvalue weighted by molar-refractivity contribution is 5.63. The van der Waals surface area contributed by atoms with Gasteiger partial charge in [0.2, 0.25) is 0 Å². The molecule has 0 aliphatic heterocycles. The molecule has 6 N–H and O–H groups in total. The fraction of sp³-hybridized carbons (Fsp3) is 0.667. The molecule has 0 atom stereocenters. The van der Waals surface area contributed by atoms with Crippen LogP contribution in [0, 0.1) is 0 Å². The molecule has 0 radical (unpaired) electrons. The van der Waals surface area contributed by atoms with Crippen LogP contribution in [0.5, 0.6) is 0 Å². The lowest BCUT2D eigenvalue weighted by molar-refractivity contribution is -0.135. The zero-order chi connectivity index (χ0) is 15.6. The summed E-state index contributed by atoms with van der Waals surface area (Å²) in [6, 6.07) is 0. The zero-order valence-corrected chi connectivity index (χ0v) is 10.9. The topological polar surface area (TPSA) is 156 Å². The molecular weight excluding hydrogens is 248 g/mol. The minimum absolute atomic E-state index is 0.608. The molecule has 0 amide bonds. The van der Waals surface area contributed by atoms with Crippen LogP contribution in [-0.2, 0) is 14.4 Å². The van der Waals surface area contributed by atoms with Crippen molar-refractivity contribution >= 4 is 17.9 Å². The summed E-state index contributed by atoms with van der Waals surface area (Å²) in [5, 5.41) is 33.0. The molecule has 0 heterocycles. The van der Waals surface area contributed by atoms with E-state index in [0.717, 1.165) is 27.3 Å². The van der Waals surface area contributed by atoms with Gasteiger partial charge in [0, 0.05) is 33.9 Å². The van der Waals surface area contributed by atoms with Gasteiger partial charge in [-0.2, -0.15) is 0 Å². The molecule has 0 aromatic carbocycles. The third-order valence-electron chi connectivity index (χ3n) is 0.487. The first kappa shape index (κ1) is 25.2. The third kappa shape index (κ3) is 1520. The highest BCUT2D eigenvalue weighted by Gasteiger charge is 1.72. The number of hydrogen-bond donors (Lipinski definition) is 6. The predicted octanol–water partition coefficient (Wildman–Crippen LogP) is -0.543. The summed E-state index contributed by atoms with van der Waals surface area (Å²) in [5.74, 6) is -2.50. The zero-order valence-electron chi connectivity index (χ0n) is 10.9. The number of likely N-dealkylation sites (N-methyl/N-ethyl adjacent to an activating group) is 1. The summed E-state index contributed by atoms with van der Waals surface area (Å²) in [6.45, 7) is 4.66. The number of carboxylic acids is 3. The third-order valence-corrected chi connectivity index (χ3v) is 0.487. The Balaban J connectivity index is -0.0000000742. The van der Waals surface area contributed by atoms with Gasteiger partial charge in [-0.15, -0.1) is 0 Å². The number of nitrogens with one attached hydrogen (secondary N) is 2. The highest BCUT2D eigenvalue weighted by Crippen LogP contribution is 1.44. The normalized spacial score (nSPS) is 7.17. The van der Waals surface area contributed by atoms with Crippen LogP contribution in [0.25, 0.3) is 0 Å². The van der Waals surface area contributed by atoms with Gasteiger partial charge in [0.1, 0.15) is 0 Å². The Kier molecular flexibility index (Phi) is 34.3. The van der Waals surface area contributed by atoms with Gasteiger partial charge in [0.05, 0.1) is 0 Å². The average molecular weight is 270 g/mol. The SMILES string of the molecule is CC(=O)O.CC(=O)O.CC(=O)O.CNCCNO. The van der Waals surface area contributed by atoms with Crippen molar-refractivity contribution in [2.24, 2.45) is 0 Å². The molecule has 18 heavy (non-hydrogen) atoms. The van der Waals surface area contributed by atoms with Gasteiger partial charge in [0.25, 0.3) is 17.9 Å². The van der Waals surface area contributed by atoms with E-state index in [1.54, 1.807) is 0 Å². The molecule has 0 aliphatic rings. The van der Waals surface area contributed by atoms with Crippen molar-refractivity contribution in [3.8, 4) is 0 Å². The summed E-state index contributed by atoms with van der Waals surface area (Å²) in [4.78, 5) is 27.0. The van der Waals surface area contributed by atoms with E-state index >= 15 is 0 Å². The van der Waals surface area contributed by atoms with E-state index in [0.29, 0.717) is 6.54 Å². The lowest BCUT2D eigenvalue weighted by Crippen LogP contribution is -2.21. The van der Waals surface area contributed by atoms with Crippen molar-refractivity contribution in [3.63, 3.8) is 0 Å². The van der Waals surface area contributed by atoms with Crippen LogP contribution >= 0.6 is 0 Å². The second-order valence-electron chi connectivity index (χ2n) is 2.57. The molecule has 0 saturated heterocycles. The maximum atomic E-state index is 9.00. The molecule has 0 aromatic heterocycles. The Bertz CT molecular complexity index is 165. The number of carboxylic acid groups (broad SMARTS) is 3. The van der Waals surface area contributed by atoms with Crippen LogP contribution < -0.4 is 10.8 Å². The summed E-state index contributed by atoms with van der Waals surface area (Å²) in [7, 11) is 1.83. The Hall–Kier alpha value is -1.71. The van der Waals surface area contributed by atoms with Gasteiger partial charge < -0.3 is 25.8 Å². The Labute approximate surface area is 105 Å². The number of hydrogen-bond acceptors (Lipinski definition) is 6. The molecule has 0 aromatic rings. The van der Waals surface area contributed by atoms with Crippen molar-refractivity contribution in [1.29, 1.82) is 0 Å². The van der Waals surface area contributed by atoms with Gasteiger partial charge in [-0.1, -0.05) is 0 Å². The Morgan fingerprint density at radius 2 is 1.06 bits per heavy atom. The number of hydroxylamine groups is 1. The van der Waals surface area contributed by atoms with E-state index in [2.05, 4.69) is 5.32 Å². The van der Waals surface area contributed by atoms with Gasteiger partial charge in [-0.05, 0) is 7.05 Å². The van der Waals surface area contributed by atoms with Crippen LogP contribution in [0.4, 0.5) is 0 Å². The first-order valence-corrected chi connectivity index (χ1v) is 4.71. The van der Waals surface area contributed by atoms with Gasteiger partial charge in [0.15, 0.2) is 0 Å². The number of carbonyl (C=O) groups is 3. The minimum atomic E-state index is -0.833. The lowest BCUT2D eigenvalue weighted by Gasteiger charge is -1.91. The fourth-order valence-corrected chi connectivity index (χ4v) is 0.181. The van der Waals surface area contributed by atoms with Crippen molar-refractivity contribution in [2.45, 2.75) is 20.8 Å². The molecule has 0 spiro atoms. The van der Waals surface area contributed by atoms with Crippen LogP contribution in [-0.4, -0.2) is 58.6 Å². The Morgan fingerprint density at radius 3 is 1.11 bits per heavy atom. The summed E-state index contributed by atoms with van der Waals surface area (Å²) < 4.78 is 0. The van der Waals surface area contributed by atoms with E-state index in [9.17, 15) is 0 Å². The molecule has 9 heteroatoms. The molecule has 9 nitrogen and oxygen atoms in total. The van der Waals surface area contributed by atoms with E-state index in [-0.39, 0.29) is 0 Å². The summed E-state index contributed by atoms with van der Waals surface area (Å²) in [6.07, 6.45) is 0. The minimum Gasteiger partial charge on any atom is -0.481 e. The van der Waals surface area contributed by atoms with Crippen molar-refractivity contribution < 1.29 is 34.9 Å². The average Bonchev–Trinajstić information content (AvgIpc) is 2.11. The molecule has 0 rings (SSSR count). The fourth-order valence-electron chi connectivity index (χ4n) is 0.181.